The van der Waals surface area contributed by atoms with E-state index in [9.17, 15) is 14.0 Å². The first-order chi connectivity index (χ1) is 19.6. The van der Waals surface area contributed by atoms with Crippen LogP contribution in [0.5, 0.6) is 5.75 Å². The van der Waals surface area contributed by atoms with Crippen LogP contribution in [-0.4, -0.2) is 39.5 Å². The van der Waals surface area contributed by atoms with Crippen LogP contribution < -0.4 is 10.1 Å². The van der Waals surface area contributed by atoms with Crippen LogP contribution in [0.4, 0.5) is 9.39 Å². The molecule has 0 fully saturated rings. The molecule has 4 aromatic rings. The second-order valence-corrected chi connectivity index (χ2v) is 11.3. The second kappa shape index (κ2) is 13.3. The van der Waals surface area contributed by atoms with Gasteiger partial charge in [-0.2, -0.15) is 0 Å². The van der Waals surface area contributed by atoms with Gasteiger partial charge in [0.25, 0.3) is 0 Å². The fraction of sp³-hybridized carbons (Fsp3) is 0.241. The second-order valence-electron chi connectivity index (χ2n) is 9.08. The quantitative estimate of drug-likeness (QED) is 0.108. The number of aromatic nitrogens is 3. The zero-order chi connectivity index (χ0) is 29.7. The first-order valence-corrected chi connectivity index (χ1v) is 14.7. The number of thioether (sulfide) groups is 1. The molecule has 1 N–H and O–H groups in total. The SMILES string of the molecule is C=CCn1c(SCC(=O)Nc2scc(-c3cc(C)ccc3C)c2C(=O)OC)nnc1C(C)Oc1ccc(F)cc1Cl. The number of thiophene rings is 1. The minimum atomic E-state index is -0.578. The third-order valence-corrected chi connectivity index (χ3v) is 8.23. The van der Waals surface area contributed by atoms with E-state index < -0.39 is 17.9 Å². The van der Waals surface area contributed by atoms with E-state index in [4.69, 9.17) is 21.1 Å². The number of nitrogens with zero attached hydrogens (tertiary/aromatic N) is 3. The predicted octanol–water partition coefficient (Wildman–Crippen LogP) is 7.26. The Balaban J connectivity index is 1.50. The maximum Gasteiger partial charge on any atom is 0.341 e. The minimum absolute atomic E-state index is 0.00558. The zero-order valence-corrected chi connectivity index (χ0v) is 25.3. The van der Waals surface area contributed by atoms with E-state index in [2.05, 4.69) is 22.1 Å². The number of benzene rings is 2. The highest BCUT2D eigenvalue weighted by atomic mass is 35.5. The van der Waals surface area contributed by atoms with Gasteiger partial charge in [-0.3, -0.25) is 9.36 Å². The number of hydrogen-bond donors (Lipinski definition) is 1. The summed E-state index contributed by atoms with van der Waals surface area (Å²) in [6, 6.07) is 9.87. The molecule has 8 nitrogen and oxygen atoms in total. The Hall–Kier alpha value is -3.67. The topological polar surface area (TPSA) is 95.3 Å². The van der Waals surface area contributed by atoms with Gasteiger partial charge in [0, 0.05) is 17.5 Å². The number of nitrogens with one attached hydrogen (secondary N) is 1. The maximum atomic E-state index is 13.4. The van der Waals surface area contributed by atoms with Crippen LogP contribution in [0, 0.1) is 19.7 Å². The molecule has 1 atom stereocenters. The van der Waals surface area contributed by atoms with Crippen molar-refractivity contribution in [3.63, 3.8) is 0 Å². The van der Waals surface area contributed by atoms with Crippen molar-refractivity contribution in [1.29, 1.82) is 0 Å². The monoisotopic (exact) mass is 614 g/mol. The summed E-state index contributed by atoms with van der Waals surface area (Å²) in [4.78, 5) is 25.8. The highest BCUT2D eigenvalue weighted by Gasteiger charge is 2.24. The van der Waals surface area contributed by atoms with Crippen molar-refractivity contribution in [2.24, 2.45) is 0 Å². The van der Waals surface area contributed by atoms with Gasteiger partial charge >= 0.3 is 5.97 Å². The average Bonchev–Trinajstić information content (AvgIpc) is 3.54. The molecule has 41 heavy (non-hydrogen) atoms. The molecule has 0 aliphatic rings. The largest absolute Gasteiger partial charge is 0.481 e. The van der Waals surface area contributed by atoms with E-state index in [0.717, 1.165) is 16.7 Å². The standard InChI is InChI=1S/C29H28ClFN4O4S2/c1-6-11-35-26(18(4)39-23-10-9-19(31)13-22(23)30)33-34-29(35)41-15-24(36)32-27-25(28(37)38-5)21(14-40-27)20-12-16(2)7-8-17(20)3/h6-10,12-14,18H,1,11,15H2,2-5H3,(H,32,36). The van der Waals surface area contributed by atoms with Gasteiger partial charge in [-0.25, -0.2) is 9.18 Å². The summed E-state index contributed by atoms with van der Waals surface area (Å²) in [5, 5.41) is 14.2. The summed E-state index contributed by atoms with van der Waals surface area (Å²) in [5.74, 6) is -0.532. The van der Waals surface area contributed by atoms with Gasteiger partial charge in [0.1, 0.15) is 22.1 Å². The predicted molar refractivity (Wildman–Crippen MR) is 161 cm³/mol. The molecule has 0 aliphatic carbocycles. The molecule has 1 amide bonds. The Morgan fingerprint density at radius 3 is 2.71 bits per heavy atom. The molecule has 1 unspecified atom stereocenters. The first-order valence-electron chi connectivity index (χ1n) is 12.5. The first kappa shape index (κ1) is 30.3. The molecule has 12 heteroatoms. The maximum absolute atomic E-state index is 13.4. The molecule has 2 aromatic carbocycles. The van der Waals surface area contributed by atoms with Crippen molar-refractivity contribution >= 4 is 51.6 Å². The van der Waals surface area contributed by atoms with Gasteiger partial charge in [0.05, 0.1) is 17.9 Å². The molecule has 0 spiro atoms. The number of carbonyl (C=O) groups is 2. The van der Waals surface area contributed by atoms with Crippen LogP contribution in [0.3, 0.4) is 0 Å². The number of anilines is 1. The van der Waals surface area contributed by atoms with Crippen molar-refractivity contribution < 1.29 is 23.5 Å². The van der Waals surface area contributed by atoms with E-state index in [-0.39, 0.29) is 16.7 Å². The number of rotatable bonds is 11. The molecule has 2 aromatic heterocycles. The van der Waals surface area contributed by atoms with Crippen LogP contribution in [0.25, 0.3) is 11.1 Å². The number of ether oxygens (including phenoxy) is 2. The number of allylic oxidation sites excluding steroid dienone is 1. The van der Waals surface area contributed by atoms with E-state index in [1.807, 2.05) is 37.4 Å². The van der Waals surface area contributed by atoms with Crippen molar-refractivity contribution in [2.75, 3.05) is 18.2 Å². The Labute approximate surface area is 250 Å². The van der Waals surface area contributed by atoms with Crippen LogP contribution in [-0.2, 0) is 16.1 Å². The number of methoxy groups -OCH3 is 1. The molecular formula is C29H28ClFN4O4S2. The Morgan fingerprint density at radius 2 is 2.00 bits per heavy atom. The summed E-state index contributed by atoms with van der Waals surface area (Å²) in [6.07, 6.45) is 1.10. The number of esters is 1. The van der Waals surface area contributed by atoms with Crippen LogP contribution in [0.15, 0.2) is 59.6 Å². The Morgan fingerprint density at radius 1 is 1.22 bits per heavy atom. The normalized spacial score (nSPS) is 11.7. The number of amides is 1. The van der Waals surface area contributed by atoms with E-state index in [1.165, 1.54) is 48.4 Å². The van der Waals surface area contributed by atoms with Crippen molar-refractivity contribution in [2.45, 2.75) is 38.6 Å². The number of halogens is 2. The van der Waals surface area contributed by atoms with Gasteiger partial charge in [0.2, 0.25) is 5.91 Å². The van der Waals surface area contributed by atoms with E-state index in [0.29, 0.717) is 39.4 Å². The Kier molecular flexibility index (Phi) is 9.85. The van der Waals surface area contributed by atoms with Crippen LogP contribution >= 0.6 is 34.7 Å². The fourth-order valence-electron chi connectivity index (χ4n) is 4.09. The lowest BCUT2D eigenvalue weighted by Crippen LogP contribution is -2.17. The van der Waals surface area contributed by atoms with Gasteiger partial charge in [-0.1, -0.05) is 53.2 Å². The number of aryl methyl sites for hydroxylation is 2. The van der Waals surface area contributed by atoms with E-state index >= 15 is 0 Å². The zero-order valence-electron chi connectivity index (χ0n) is 22.9. The van der Waals surface area contributed by atoms with Crippen LogP contribution in [0.2, 0.25) is 5.02 Å². The van der Waals surface area contributed by atoms with Gasteiger partial charge in [-0.15, -0.1) is 28.1 Å². The molecule has 0 saturated carbocycles. The summed E-state index contributed by atoms with van der Waals surface area (Å²) in [6.45, 7) is 9.88. The number of hydrogen-bond acceptors (Lipinski definition) is 8. The smallest absolute Gasteiger partial charge is 0.341 e. The fourth-order valence-corrected chi connectivity index (χ4v) is 6.02. The molecule has 0 aliphatic heterocycles. The lowest BCUT2D eigenvalue weighted by Gasteiger charge is -2.16. The Bertz CT molecular complexity index is 1600. The molecule has 214 valence electrons. The third kappa shape index (κ3) is 6.98. The molecular weight excluding hydrogens is 587 g/mol. The molecule has 0 radical (unpaired) electrons. The lowest BCUT2D eigenvalue weighted by atomic mass is 9.97. The van der Waals surface area contributed by atoms with Crippen LogP contribution in [0.1, 0.15) is 40.3 Å². The van der Waals surface area contributed by atoms with Gasteiger partial charge in [0.15, 0.2) is 17.1 Å². The molecule has 0 bridgehead atoms. The summed E-state index contributed by atoms with van der Waals surface area (Å²) >= 11 is 8.55. The van der Waals surface area contributed by atoms with Crippen molar-refractivity contribution in [3.05, 3.63) is 87.8 Å². The van der Waals surface area contributed by atoms with E-state index in [1.54, 1.807) is 17.6 Å². The van der Waals surface area contributed by atoms with Crippen molar-refractivity contribution in [3.8, 4) is 16.9 Å². The molecule has 4 rings (SSSR count). The average molecular weight is 615 g/mol. The summed E-state index contributed by atoms with van der Waals surface area (Å²) < 4.78 is 26.1. The van der Waals surface area contributed by atoms with Gasteiger partial charge < -0.3 is 14.8 Å². The highest BCUT2D eigenvalue weighted by Crippen LogP contribution is 2.38. The van der Waals surface area contributed by atoms with Crippen molar-refractivity contribution in [1.82, 2.24) is 14.8 Å². The number of carbonyl (C=O) groups excluding carboxylic acids is 2. The summed E-state index contributed by atoms with van der Waals surface area (Å²) in [7, 11) is 1.31. The molecule has 0 saturated heterocycles. The van der Waals surface area contributed by atoms with Gasteiger partial charge in [-0.05, 0) is 50.1 Å². The third-order valence-electron chi connectivity index (χ3n) is 6.07. The molecule has 2 heterocycles. The lowest BCUT2D eigenvalue weighted by molar-refractivity contribution is -0.113. The minimum Gasteiger partial charge on any atom is -0.481 e. The summed E-state index contributed by atoms with van der Waals surface area (Å²) in [5.41, 5.74) is 3.98. The highest BCUT2D eigenvalue weighted by molar-refractivity contribution is 7.99.